The van der Waals surface area contributed by atoms with E-state index in [1.807, 2.05) is 0 Å². The molecular weight excluding hydrogens is 537 g/mol. The third-order valence-electron chi connectivity index (χ3n) is 8.87. The lowest BCUT2D eigenvalue weighted by molar-refractivity contribution is -0.119. The van der Waals surface area contributed by atoms with Gasteiger partial charge in [-0.15, -0.1) is 0 Å². The van der Waals surface area contributed by atoms with Crippen LogP contribution in [0.3, 0.4) is 0 Å². The van der Waals surface area contributed by atoms with Crippen LogP contribution in [-0.2, 0) is 9.59 Å². The van der Waals surface area contributed by atoms with Gasteiger partial charge < -0.3 is 10.6 Å². The van der Waals surface area contributed by atoms with Gasteiger partial charge in [0.05, 0.1) is 0 Å². The van der Waals surface area contributed by atoms with Crippen LogP contribution in [0.5, 0.6) is 0 Å². The molecule has 0 spiro atoms. The van der Waals surface area contributed by atoms with Crippen LogP contribution in [-0.4, -0.2) is 22.0 Å². The number of unbranched alkanes of at least 4 members (excludes halogenated alkanes) is 28. The Hall–Kier alpha value is -0.310. The van der Waals surface area contributed by atoms with Crippen molar-refractivity contribution in [1.29, 1.82) is 0 Å². The normalized spacial score (nSPS) is 13.0. The Kier molecular flexibility index (Phi) is 33.3. The zero-order chi connectivity index (χ0) is 30.9. The van der Waals surface area contributed by atoms with Crippen LogP contribution in [0.4, 0.5) is 0 Å². The van der Waals surface area contributed by atoms with Gasteiger partial charge in [0.1, 0.15) is 13.9 Å². The quantitative estimate of drug-likeness (QED) is 0.0552. The highest BCUT2D eigenvalue weighted by atomic mass is 31.1. The monoisotopic (exact) mass is 612 g/mol. The summed E-state index contributed by atoms with van der Waals surface area (Å²) in [5.41, 5.74) is 5.79. The fourth-order valence-electron chi connectivity index (χ4n) is 5.87. The van der Waals surface area contributed by atoms with E-state index in [-0.39, 0.29) is 11.3 Å². The molecule has 0 aromatic rings. The topological polar surface area (TPSA) is 80.4 Å². The minimum absolute atomic E-state index is 0.136. The number of hydrogen-bond acceptors (Lipinski definition) is 4. The molecule has 0 bridgehead atoms. The average molecular weight is 612 g/mol. The Morgan fingerprint density at radius 2 is 0.690 bits per heavy atom. The summed E-state index contributed by atoms with van der Waals surface area (Å²) in [7, 11) is -2.04. The third-order valence-corrected chi connectivity index (χ3v) is 10.4. The van der Waals surface area contributed by atoms with Crippen LogP contribution in [0.1, 0.15) is 219 Å². The minimum atomic E-state index is -2.04. The largest absolute Gasteiger partial charge is 0.365 e. The first kappa shape index (κ1) is 41.7. The van der Waals surface area contributed by atoms with E-state index in [0.29, 0.717) is 12.8 Å². The van der Waals surface area contributed by atoms with Gasteiger partial charge in [-0.05, 0) is 12.8 Å². The first-order valence-electron chi connectivity index (χ1n) is 18.8. The maximum absolute atomic E-state index is 12.4. The van der Waals surface area contributed by atoms with Gasteiger partial charge in [0.2, 0.25) is 0 Å². The van der Waals surface area contributed by atoms with E-state index < -0.39 is 13.9 Å². The van der Waals surface area contributed by atoms with E-state index in [0.717, 1.165) is 38.5 Å². The number of ketones is 1. The van der Waals surface area contributed by atoms with Crippen LogP contribution in [0.15, 0.2) is 0 Å². The van der Waals surface area contributed by atoms with Crippen molar-refractivity contribution in [2.24, 2.45) is 5.73 Å². The molecule has 0 aromatic carbocycles. The van der Waals surface area contributed by atoms with Crippen LogP contribution >= 0.6 is 8.15 Å². The summed E-state index contributed by atoms with van der Waals surface area (Å²) in [5.74, 6) is -1.13. The Morgan fingerprint density at radius 1 is 0.452 bits per heavy atom. The molecule has 0 radical (unpaired) electrons. The highest BCUT2D eigenvalue weighted by Crippen LogP contribution is 2.37. The third kappa shape index (κ3) is 28.5. The molecule has 0 rings (SSSR count). The number of carbonyl (C=O) groups is 2. The summed E-state index contributed by atoms with van der Waals surface area (Å²) in [6, 6.07) is 0. The van der Waals surface area contributed by atoms with E-state index in [2.05, 4.69) is 13.8 Å². The van der Waals surface area contributed by atoms with Gasteiger partial charge in [-0.25, -0.2) is 0 Å². The Balaban J connectivity index is 3.53. The van der Waals surface area contributed by atoms with Crippen molar-refractivity contribution < 1.29 is 14.5 Å². The Morgan fingerprint density at radius 3 is 0.976 bits per heavy atom. The fourth-order valence-corrected chi connectivity index (χ4v) is 6.97. The molecule has 0 aliphatic rings. The van der Waals surface area contributed by atoms with E-state index in [9.17, 15) is 14.5 Å². The lowest BCUT2D eigenvalue weighted by atomic mass is 10.0. The van der Waals surface area contributed by atoms with E-state index in [1.54, 1.807) is 0 Å². The van der Waals surface area contributed by atoms with Crippen molar-refractivity contribution in [2.45, 2.75) is 225 Å². The summed E-state index contributed by atoms with van der Waals surface area (Å²) in [4.78, 5) is 35.2. The average Bonchev–Trinajstić information content (AvgIpc) is 3.00. The van der Waals surface area contributed by atoms with Gasteiger partial charge in [0, 0.05) is 12.8 Å². The number of carbonyl (C=O) groups excluding carboxylic acids is 2. The lowest BCUT2D eigenvalue weighted by Gasteiger charge is -2.16. The van der Waals surface area contributed by atoms with Crippen molar-refractivity contribution in [3.8, 4) is 0 Å². The first-order chi connectivity index (χ1) is 20.5. The molecule has 2 unspecified atom stereocenters. The first-order valence-corrected chi connectivity index (χ1v) is 20.2. The summed E-state index contributed by atoms with van der Waals surface area (Å²) in [6.45, 7) is 4.54. The Labute approximate surface area is 264 Å². The second kappa shape index (κ2) is 33.6. The molecule has 0 saturated heterocycles. The van der Waals surface area contributed by atoms with Crippen LogP contribution in [0, 0.1) is 0 Å². The second-order valence-corrected chi connectivity index (χ2v) is 14.8. The number of Topliss-reactive ketones (excluding diaryl/α,β-unsaturated/α-hetero) is 1. The summed E-state index contributed by atoms with van der Waals surface area (Å²) in [5, 5.41) is 0. The molecule has 42 heavy (non-hydrogen) atoms. The van der Waals surface area contributed by atoms with Crippen molar-refractivity contribution in [1.82, 2.24) is 0 Å². The molecule has 0 aliphatic heterocycles. The standard InChI is InChI=1S/C37H74NO3P/c1-3-5-7-9-11-13-15-17-19-21-23-25-27-29-31-33-35(39)37(38)42(41)36(40)34-32-30-28-26-24-22-20-18-16-14-12-10-8-6-4-2/h37,41H,3-34,38H2,1-2H3. The van der Waals surface area contributed by atoms with Crippen LogP contribution in [0.2, 0.25) is 0 Å². The fraction of sp³-hybridized carbons (Fsp3) is 0.946. The van der Waals surface area contributed by atoms with Gasteiger partial charge in [0.25, 0.3) is 0 Å². The molecular formula is C37H74NO3P. The number of rotatable bonds is 35. The molecule has 4 nitrogen and oxygen atoms in total. The maximum Gasteiger partial charge on any atom is 0.183 e. The lowest BCUT2D eigenvalue weighted by Crippen LogP contribution is -2.30. The molecule has 3 N–H and O–H groups in total. The summed E-state index contributed by atoms with van der Waals surface area (Å²) < 4.78 is 0. The molecule has 0 heterocycles. The summed E-state index contributed by atoms with van der Waals surface area (Å²) in [6.07, 6.45) is 39.4. The van der Waals surface area contributed by atoms with Crippen LogP contribution in [0.25, 0.3) is 0 Å². The molecule has 0 amide bonds. The highest BCUT2D eigenvalue weighted by molar-refractivity contribution is 7.71. The van der Waals surface area contributed by atoms with Gasteiger partial charge in [0.15, 0.2) is 11.3 Å². The Bertz CT molecular complexity index is 535. The van der Waals surface area contributed by atoms with Gasteiger partial charge >= 0.3 is 0 Å². The molecule has 250 valence electrons. The molecule has 0 aliphatic carbocycles. The number of hydrogen-bond donors (Lipinski definition) is 2. The van der Waals surface area contributed by atoms with Crippen molar-refractivity contribution in [2.75, 3.05) is 0 Å². The predicted octanol–water partition coefficient (Wildman–Crippen LogP) is 12.3. The zero-order valence-corrected chi connectivity index (χ0v) is 29.4. The second-order valence-electron chi connectivity index (χ2n) is 13.0. The summed E-state index contributed by atoms with van der Waals surface area (Å²) >= 11 is 0. The molecule has 5 heteroatoms. The molecule has 2 atom stereocenters. The molecule has 0 fully saturated rings. The van der Waals surface area contributed by atoms with Gasteiger partial charge in [-0.3, -0.25) is 9.59 Å². The van der Waals surface area contributed by atoms with E-state index in [4.69, 9.17) is 5.73 Å². The SMILES string of the molecule is CCCCCCCCCCCCCCCCCC(=O)C(N)P(O)C(=O)CCCCCCCCCCCCCCCCC. The number of nitrogens with two attached hydrogens (primary N) is 1. The van der Waals surface area contributed by atoms with Gasteiger partial charge in [-0.2, -0.15) is 0 Å². The van der Waals surface area contributed by atoms with Crippen molar-refractivity contribution in [3.63, 3.8) is 0 Å². The van der Waals surface area contributed by atoms with Crippen LogP contribution < -0.4 is 5.73 Å². The zero-order valence-electron chi connectivity index (χ0n) is 28.5. The molecule has 0 aromatic heterocycles. The maximum atomic E-state index is 12.4. The van der Waals surface area contributed by atoms with E-state index in [1.165, 1.54) is 154 Å². The van der Waals surface area contributed by atoms with Crippen molar-refractivity contribution >= 4 is 19.5 Å². The van der Waals surface area contributed by atoms with E-state index >= 15 is 0 Å². The highest BCUT2D eigenvalue weighted by Gasteiger charge is 2.28. The minimum Gasteiger partial charge on any atom is -0.365 e. The predicted molar refractivity (Wildman–Crippen MR) is 186 cm³/mol. The smallest absolute Gasteiger partial charge is 0.183 e. The van der Waals surface area contributed by atoms with Gasteiger partial charge in [-0.1, -0.05) is 194 Å². The molecule has 0 saturated carbocycles. The van der Waals surface area contributed by atoms with Crippen molar-refractivity contribution in [3.05, 3.63) is 0 Å².